The highest BCUT2D eigenvalue weighted by Crippen LogP contribution is 2.46. The Morgan fingerprint density at radius 1 is 1.04 bits per heavy atom. The van der Waals surface area contributed by atoms with Crippen molar-refractivity contribution < 1.29 is 14.7 Å². The first kappa shape index (κ1) is 18.5. The molecule has 4 rings (SSSR count). The fraction of sp³-hybridized carbons (Fsp3) is 0.636. The average Bonchev–Trinajstić information content (AvgIpc) is 3.20. The van der Waals surface area contributed by atoms with Crippen LogP contribution >= 0.6 is 0 Å². The van der Waals surface area contributed by atoms with Crippen LogP contribution in [-0.4, -0.2) is 52.5 Å². The van der Waals surface area contributed by atoms with Gasteiger partial charge in [0.1, 0.15) is 0 Å². The van der Waals surface area contributed by atoms with Crippen molar-refractivity contribution in [2.45, 2.75) is 51.7 Å². The summed E-state index contributed by atoms with van der Waals surface area (Å²) < 4.78 is 0. The molecule has 27 heavy (non-hydrogen) atoms. The Labute approximate surface area is 161 Å². The lowest BCUT2D eigenvalue weighted by Crippen LogP contribution is -2.40. The molecule has 2 saturated heterocycles. The summed E-state index contributed by atoms with van der Waals surface area (Å²) in [5.41, 5.74) is 2.43. The molecule has 0 unspecified atom stereocenters. The number of carbonyl (C=O) groups excluding carboxylic acids is 2. The van der Waals surface area contributed by atoms with Gasteiger partial charge in [-0.1, -0.05) is 24.3 Å². The molecule has 1 aromatic carbocycles. The van der Waals surface area contributed by atoms with Gasteiger partial charge in [0.15, 0.2) is 0 Å². The van der Waals surface area contributed by atoms with Crippen molar-refractivity contribution in [1.82, 2.24) is 9.80 Å². The minimum absolute atomic E-state index is 0.0630. The lowest BCUT2D eigenvalue weighted by atomic mass is 9.86. The van der Waals surface area contributed by atoms with E-state index in [0.29, 0.717) is 11.8 Å². The molecular weight excluding hydrogens is 340 g/mol. The van der Waals surface area contributed by atoms with Crippen molar-refractivity contribution in [3.8, 4) is 0 Å². The average molecular weight is 370 g/mol. The summed E-state index contributed by atoms with van der Waals surface area (Å²) in [6.07, 6.45) is 2.84. The predicted molar refractivity (Wildman–Crippen MR) is 103 cm³/mol. The van der Waals surface area contributed by atoms with Gasteiger partial charge in [-0.2, -0.15) is 0 Å². The van der Waals surface area contributed by atoms with Crippen LogP contribution < -0.4 is 0 Å². The maximum absolute atomic E-state index is 13.0. The van der Waals surface area contributed by atoms with Crippen molar-refractivity contribution in [1.29, 1.82) is 0 Å². The molecule has 5 nitrogen and oxygen atoms in total. The van der Waals surface area contributed by atoms with Gasteiger partial charge in [-0.15, -0.1) is 0 Å². The van der Waals surface area contributed by atoms with Crippen molar-refractivity contribution in [2.24, 2.45) is 17.8 Å². The van der Waals surface area contributed by atoms with E-state index in [2.05, 4.69) is 19.1 Å². The normalized spacial score (nSPS) is 33.2. The zero-order chi connectivity index (χ0) is 19.1. The Hall–Kier alpha value is -1.88. The molecule has 5 heteroatoms. The summed E-state index contributed by atoms with van der Waals surface area (Å²) in [5, 5.41) is 9.71. The van der Waals surface area contributed by atoms with Gasteiger partial charge in [0.2, 0.25) is 11.8 Å². The molecule has 1 saturated carbocycles. The second kappa shape index (κ2) is 7.27. The van der Waals surface area contributed by atoms with Crippen molar-refractivity contribution in [3.05, 3.63) is 35.4 Å². The molecule has 1 aromatic rings. The van der Waals surface area contributed by atoms with Gasteiger partial charge in [-0.25, -0.2) is 0 Å². The molecule has 2 aliphatic heterocycles. The summed E-state index contributed by atoms with van der Waals surface area (Å²) in [7, 11) is 0. The van der Waals surface area contributed by atoms with Gasteiger partial charge in [0, 0.05) is 44.3 Å². The van der Waals surface area contributed by atoms with E-state index in [-0.39, 0.29) is 29.9 Å². The fourth-order valence-electron chi connectivity index (χ4n) is 5.45. The number of hydrogen-bond acceptors (Lipinski definition) is 3. The second-order valence-corrected chi connectivity index (χ2v) is 8.65. The molecule has 0 radical (unpaired) electrons. The van der Waals surface area contributed by atoms with Gasteiger partial charge in [-0.05, 0) is 43.7 Å². The number of benzene rings is 1. The molecule has 3 aliphatic rings. The standard InChI is InChI=1S/C22H30N2O3/c1-14-5-3-4-6-19(14)21-20-13-23(11-17(20)12-24(21)15(2)25)22(27)16-7-9-18(26)10-8-16/h3-6,16-18,20-21,26H,7-13H2,1-2H3/t16?,17-,18?,20-,21+/m1/s1. The van der Waals surface area contributed by atoms with E-state index in [1.807, 2.05) is 21.9 Å². The molecule has 0 aromatic heterocycles. The van der Waals surface area contributed by atoms with E-state index in [9.17, 15) is 14.7 Å². The molecule has 0 spiro atoms. The number of likely N-dealkylation sites (tertiary alicyclic amines) is 2. The molecule has 1 N–H and O–H groups in total. The number of hydrogen-bond donors (Lipinski definition) is 1. The van der Waals surface area contributed by atoms with Gasteiger partial charge in [0.05, 0.1) is 12.1 Å². The quantitative estimate of drug-likeness (QED) is 0.870. The highest BCUT2D eigenvalue weighted by Gasteiger charge is 2.50. The highest BCUT2D eigenvalue weighted by molar-refractivity contribution is 5.79. The topological polar surface area (TPSA) is 60.9 Å². The van der Waals surface area contributed by atoms with Gasteiger partial charge < -0.3 is 14.9 Å². The van der Waals surface area contributed by atoms with Crippen LogP contribution in [0.4, 0.5) is 0 Å². The minimum Gasteiger partial charge on any atom is -0.393 e. The fourth-order valence-corrected chi connectivity index (χ4v) is 5.45. The second-order valence-electron chi connectivity index (χ2n) is 8.65. The zero-order valence-electron chi connectivity index (χ0n) is 16.3. The van der Waals surface area contributed by atoms with Gasteiger partial charge in [0.25, 0.3) is 0 Å². The van der Waals surface area contributed by atoms with Crippen LogP contribution in [-0.2, 0) is 9.59 Å². The van der Waals surface area contributed by atoms with Crippen molar-refractivity contribution >= 4 is 11.8 Å². The Morgan fingerprint density at radius 3 is 2.41 bits per heavy atom. The van der Waals surface area contributed by atoms with Crippen LogP contribution in [0.15, 0.2) is 24.3 Å². The van der Waals surface area contributed by atoms with Crippen LogP contribution in [0.2, 0.25) is 0 Å². The third-order valence-corrected chi connectivity index (χ3v) is 6.93. The number of fused-ring (bicyclic) bond motifs is 1. The van der Waals surface area contributed by atoms with E-state index in [1.54, 1.807) is 6.92 Å². The summed E-state index contributed by atoms with van der Waals surface area (Å²) in [4.78, 5) is 29.4. The third-order valence-electron chi connectivity index (χ3n) is 6.93. The van der Waals surface area contributed by atoms with Crippen LogP contribution in [0.1, 0.15) is 49.8 Å². The first-order valence-corrected chi connectivity index (χ1v) is 10.2. The van der Waals surface area contributed by atoms with Crippen LogP contribution in [0.3, 0.4) is 0 Å². The summed E-state index contributed by atoms with van der Waals surface area (Å²) >= 11 is 0. The third kappa shape index (κ3) is 3.38. The SMILES string of the molecule is CC(=O)N1C[C@H]2CN(C(=O)C3CCC(O)CC3)C[C@H]2[C@@H]1c1ccccc1C. The lowest BCUT2D eigenvalue weighted by molar-refractivity contribution is -0.136. The molecule has 1 aliphatic carbocycles. The van der Waals surface area contributed by atoms with E-state index < -0.39 is 0 Å². The van der Waals surface area contributed by atoms with Gasteiger partial charge in [-0.3, -0.25) is 9.59 Å². The van der Waals surface area contributed by atoms with Gasteiger partial charge >= 0.3 is 0 Å². The van der Waals surface area contributed by atoms with E-state index in [1.165, 1.54) is 11.1 Å². The number of amides is 2. The summed E-state index contributed by atoms with van der Waals surface area (Å²) in [6, 6.07) is 8.38. The smallest absolute Gasteiger partial charge is 0.225 e. The van der Waals surface area contributed by atoms with Crippen LogP contribution in [0, 0.1) is 24.7 Å². The van der Waals surface area contributed by atoms with E-state index in [0.717, 1.165) is 45.3 Å². The Morgan fingerprint density at radius 2 is 1.74 bits per heavy atom. The number of nitrogens with zero attached hydrogens (tertiary/aromatic N) is 2. The monoisotopic (exact) mass is 370 g/mol. The first-order chi connectivity index (χ1) is 13.0. The molecule has 0 bridgehead atoms. The predicted octanol–water partition coefficient (Wildman–Crippen LogP) is 2.52. The molecule has 3 fully saturated rings. The summed E-state index contributed by atoms with van der Waals surface area (Å²) in [5.74, 6) is 1.11. The van der Waals surface area contributed by atoms with Crippen LogP contribution in [0.5, 0.6) is 0 Å². The zero-order valence-corrected chi connectivity index (χ0v) is 16.3. The largest absolute Gasteiger partial charge is 0.393 e. The lowest BCUT2D eigenvalue weighted by Gasteiger charge is -2.32. The maximum atomic E-state index is 13.0. The Balaban J connectivity index is 1.53. The van der Waals surface area contributed by atoms with Crippen LogP contribution in [0.25, 0.3) is 0 Å². The number of aryl methyl sites for hydroxylation is 1. The molecule has 2 heterocycles. The van der Waals surface area contributed by atoms with E-state index in [4.69, 9.17) is 0 Å². The van der Waals surface area contributed by atoms with Crippen molar-refractivity contribution in [2.75, 3.05) is 19.6 Å². The summed E-state index contributed by atoms with van der Waals surface area (Å²) in [6.45, 7) is 6.00. The number of aliphatic hydroxyl groups is 1. The Kier molecular flexibility index (Phi) is 4.97. The van der Waals surface area contributed by atoms with Crippen molar-refractivity contribution in [3.63, 3.8) is 0 Å². The molecule has 2 amide bonds. The number of aliphatic hydroxyl groups excluding tert-OH is 1. The molecule has 3 atom stereocenters. The molecule has 146 valence electrons. The molecular formula is C22H30N2O3. The first-order valence-electron chi connectivity index (χ1n) is 10.2. The maximum Gasteiger partial charge on any atom is 0.225 e. The minimum atomic E-state index is -0.235. The van der Waals surface area contributed by atoms with E-state index >= 15 is 0 Å². The Bertz CT molecular complexity index is 726. The number of rotatable bonds is 2. The number of carbonyl (C=O) groups is 2. The highest BCUT2D eigenvalue weighted by atomic mass is 16.3.